The Hall–Kier alpha value is -5.33. The predicted molar refractivity (Wildman–Crippen MR) is 170 cm³/mol. The van der Waals surface area contributed by atoms with Crippen molar-refractivity contribution >= 4 is 35.3 Å². The van der Waals surface area contributed by atoms with Crippen molar-refractivity contribution in [1.29, 1.82) is 5.26 Å². The summed E-state index contributed by atoms with van der Waals surface area (Å²) in [5.41, 5.74) is 3.84. The zero-order chi connectivity index (χ0) is 30.6. The molecule has 0 spiro atoms. The fourth-order valence-corrected chi connectivity index (χ4v) is 6.11. The molecule has 2 aromatic heterocycles. The minimum Gasteiger partial charge on any atom is -0.467 e. The number of nitriles is 1. The molecule has 0 saturated heterocycles. The van der Waals surface area contributed by atoms with Crippen molar-refractivity contribution in [3.05, 3.63) is 126 Å². The highest BCUT2D eigenvalue weighted by molar-refractivity contribution is 7.98. The van der Waals surface area contributed by atoms with Crippen molar-refractivity contribution < 1.29 is 18.8 Å². The quantitative estimate of drug-likeness (QED) is 0.179. The van der Waals surface area contributed by atoms with Crippen LogP contribution in [0.1, 0.15) is 38.5 Å². The molecule has 1 aliphatic rings. The Morgan fingerprint density at radius 1 is 0.886 bits per heavy atom. The summed E-state index contributed by atoms with van der Waals surface area (Å²) < 4.78 is 7.57. The van der Waals surface area contributed by atoms with Crippen molar-refractivity contribution in [3.8, 4) is 28.5 Å². The minimum atomic E-state index is -1.09. The molecular formula is C35H28N4O4S. The van der Waals surface area contributed by atoms with Crippen LogP contribution in [0.25, 0.3) is 22.4 Å². The van der Waals surface area contributed by atoms with E-state index in [4.69, 9.17) is 4.42 Å². The Labute approximate surface area is 258 Å². The number of thioether (sulfide) groups is 1. The third-order valence-corrected chi connectivity index (χ3v) is 8.30. The van der Waals surface area contributed by atoms with Crippen molar-refractivity contribution in [2.45, 2.75) is 19.0 Å². The summed E-state index contributed by atoms with van der Waals surface area (Å²) in [6, 6.07) is 30.6. The molecule has 1 N–H and O–H groups in total. The molecule has 44 heavy (non-hydrogen) atoms. The van der Waals surface area contributed by atoms with E-state index in [0.717, 1.165) is 21.7 Å². The first-order valence-electron chi connectivity index (χ1n) is 14.1. The van der Waals surface area contributed by atoms with Crippen LogP contribution >= 0.6 is 11.8 Å². The molecule has 0 bridgehead atoms. The van der Waals surface area contributed by atoms with Crippen LogP contribution in [-0.2, 0) is 11.3 Å². The number of carbonyl (C=O) groups excluding carboxylic acids is 3. The lowest BCUT2D eigenvalue weighted by molar-refractivity contribution is -0.120. The Morgan fingerprint density at radius 3 is 2.07 bits per heavy atom. The normalized spacial score (nSPS) is 13.0. The van der Waals surface area contributed by atoms with Gasteiger partial charge in [-0.25, -0.2) is 0 Å². The SMILES string of the molecule is CSCC[C@@H](C(=O)Nc1c(C#N)c(-c2ccccc2)c(-c2ccccc2)n1Cc1ccco1)N1C(=O)c2ccccc2C1=O. The van der Waals surface area contributed by atoms with E-state index >= 15 is 0 Å². The molecule has 3 aromatic carbocycles. The summed E-state index contributed by atoms with van der Waals surface area (Å²) in [4.78, 5) is 42.2. The number of rotatable bonds is 10. The number of imide groups is 1. The molecule has 0 fully saturated rings. The predicted octanol–water partition coefficient (Wildman–Crippen LogP) is 6.69. The molecule has 8 nitrogen and oxygen atoms in total. The highest BCUT2D eigenvalue weighted by atomic mass is 32.2. The van der Waals surface area contributed by atoms with E-state index in [2.05, 4.69) is 11.4 Å². The average molecular weight is 601 g/mol. The number of amides is 3. The third-order valence-electron chi connectivity index (χ3n) is 7.66. The van der Waals surface area contributed by atoms with Crippen LogP contribution in [0.3, 0.4) is 0 Å². The van der Waals surface area contributed by atoms with Gasteiger partial charge in [-0.1, -0.05) is 72.8 Å². The molecule has 0 aliphatic carbocycles. The first-order valence-corrected chi connectivity index (χ1v) is 15.5. The van der Waals surface area contributed by atoms with Gasteiger partial charge in [0.15, 0.2) is 0 Å². The van der Waals surface area contributed by atoms with Crippen LogP contribution < -0.4 is 5.32 Å². The molecule has 0 radical (unpaired) electrons. The average Bonchev–Trinajstić information content (AvgIpc) is 3.75. The Morgan fingerprint density at radius 2 is 1.50 bits per heavy atom. The van der Waals surface area contributed by atoms with Gasteiger partial charge in [-0.15, -0.1) is 0 Å². The standard InChI is InChI=1S/C35H28N4O4S/c1-44-20-18-29(39-34(41)26-16-8-9-17-27(26)35(39)42)33(40)37-32-28(21-36)30(23-11-4-2-5-12-23)31(24-13-6-3-7-14-24)38(32)22-25-15-10-19-43-25/h2-17,19,29H,18,20,22H2,1H3,(H,37,40)/t29-/m0/s1. The van der Waals surface area contributed by atoms with Gasteiger partial charge in [-0.2, -0.15) is 17.0 Å². The number of anilines is 1. The lowest BCUT2D eigenvalue weighted by atomic mass is 9.98. The first kappa shape index (κ1) is 28.8. The molecule has 6 rings (SSSR count). The van der Waals surface area contributed by atoms with Gasteiger partial charge in [0.2, 0.25) is 5.91 Å². The third kappa shape index (κ3) is 5.21. The van der Waals surface area contributed by atoms with Gasteiger partial charge in [-0.3, -0.25) is 19.3 Å². The van der Waals surface area contributed by atoms with E-state index in [9.17, 15) is 19.6 Å². The lowest BCUT2D eigenvalue weighted by Gasteiger charge is -2.25. The van der Waals surface area contributed by atoms with Crippen LogP contribution in [0.15, 0.2) is 108 Å². The number of nitrogens with zero attached hydrogens (tertiary/aromatic N) is 3. The van der Waals surface area contributed by atoms with Crippen LogP contribution in [0.5, 0.6) is 0 Å². The molecule has 3 heterocycles. The van der Waals surface area contributed by atoms with Gasteiger partial charge in [0, 0.05) is 5.56 Å². The highest BCUT2D eigenvalue weighted by Gasteiger charge is 2.43. The van der Waals surface area contributed by atoms with Crippen molar-refractivity contribution in [2.75, 3.05) is 17.3 Å². The highest BCUT2D eigenvalue weighted by Crippen LogP contribution is 2.42. The fourth-order valence-electron chi connectivity index (χ4n) is 5.65. The molecule has 218 valence electrons. The van der Waals surface area contributed by atoms with Gasteiger partial charge in [0.25, 0.3) is 11.8 Å². The van der Waals surface area contributed by atoms with Crippen molar-refractivity contribution in [1.82, 2.24) is 9.47 Å². The van der Waals surface area contributed by atoms with E-state index in [1.54, 1.807) is 36.6 Å². The van der Waals surface area contributed by atoms with Gasteiger partial charge in [0.1, 0.15) is 29.3 Å². The Balaban J connectivity index is 1.51. The second kappa shape index (κ2) is 12.5. The largest absolute Gasteiger partial charge is 0.467 e. The topological polar surface area (TPSA) is 108 Å². The number of hydrogen-bond donors (Lipinski definition) is 1. The van der Waals surface area contributed by atoms with Crippen LogP contribution in [0.4, 0.5) is 5.82 Å². The molecule has 0 unspecified atom stereocenters. The number of furan rings is 1. The number of nitrogens with one attached hydrogen (secondary N) is 1. The van der Waals surface area contributed by atoms with Gasteiger partial charge >= 0.3 is 0 Å². The lowest BCUT2D eigenvalue weighted by Crippen LogP contribution is -2.47. The number of aromatic nitrogens is 1. The molecule has 9 heteroatoms. The molecule has 1 atom stereocenters. The maximum absolute atomic E-state index is 14.3. The van der Waals surface area contributed by atoms with Crippen LogP contribution in [0.2, 0.25) is 0 Å². The van der Waals surface area contributed by atoms with Gasteiger partial charge in [-0.05, 0) is 53.8 Å². The molecular weight excluding hydrogens is 572 g/mol. The van der Waals surface area contributed by atoms with Gasteiger partial charge < -0.3 is 14.3 Å². The number of carbonyl (C=O) groups is 3. The zero-order valence-corrected chi connectivity index (χ0v) is 24.7. The molecule has 3 amide bonds. The summed E-state index contributed by atoms with van der Waals surface area (Å²) in [7, 11) is 0. The number of fused-ring (bicyclic) bond motifs is 1. The molecule has 0 saturated carbocycles. The van der Waals surface area contributed by atoms with Crippen LogP contribution in [0, 0.1) is 11.3 Å². The number of benzene rings is 3. The van der Waals surface area contributed by atoms with E-state index in [0.29, 0.717) is 17.1 Å². The van der Waals surface area contributed by atoms with Crippen molar-refractivity contribution in [3.63, 3.8) is 0 Å². The fraction of sp³-hybridized carbons (Fsp3) is 0.143. The van der Waals surface area contributed by atoms with Crippen molar-refractivity contribution in [2.24, 2.45) is 0 Å². The van der Waals surface area contributed by atoms with Gasteiger partial charge in [0.05, 0.1) is 29.6 Å². The van der Waals surface area contributed by atoms with Crippen LogP contribution in [-0.4, -0.2) is 45.2 Å². The zero-order valence-electron chi connectivity index (χ0n) is 23.9. The molecule has 1 aliphatic heterocycles. The summed E-state index contributed by atoms with van der Waals surface area (Å²) in [5.74, 6) is -0.147. The first-order chi connectivity index (χ1) is 21.5. The minimum absolute atomic E-state index is 0.219. The molecule has 5 aromatic rings. The summed E-state index contributed by atoms with van der Waals surface area (Å²) in [5, 5.41) is 13.6. The Bertz CT molecular complexity index is 1840. The summed E-state index contributed by atoms with van der Waals surface area (Å²) in [6.07, 6.45) is 3.72. The second-order valence-corrected chi connectivity index (χ2v) is 11.3. The summed E-state index contributed by atoms with van der Waals surface area (Å²) in [6.45, 7) is 0.219. The van der Waals surface area contributed by atoms with E-state index < -0.39 is 23.8 Å². The Kier molecular flexibility index (Phi) is 8.17. The summed E-state index contributed by atoms with van der Waals surface area (Å²) >= 11 is 1.51. The number of hydrogen-bond acceptors (Lipinski definition) is 6. The maximum atomic E-state index is 14.3. The van der Waals surface area contributed by atoms with E-state index in [1.165, 1.54) is 11.8 Å². The van der Waals surface area contributed by atoms with E-state index in [-0.39, 0.29) is 35.5 Å². The smallest absolute Gasteiger partial charge is 0.262 e. The second-order valence-electron chi connectivity index (χ2n) is 10.3. The monoisotopic (exact) mass is 600 g/mol. The maximum Gasteiger partial charge on any atom is 0.262 e. The van der Waals surface area contributed by atoms with E-state index in [1.807, 2.05) is 77.6 Å².